The molecule has 0 nitrogen and oxygen atoms in total. The van der Waals surface area contributed by atoms with Crippen molar-refractivity contribution in [1.29, 1.82) is 0 Å². The van der Waals surface area contributed by atoms with Crippen LogP contribution < -0.4 is 0 Å². The Balaban J connectivity index is 0.000000845. The van der Waals surface area contributed by atoms with E-state index in [1.165, 1.54) is 27.8 Å². The van der Waals surface area contributed by atoms with Crippen molar-refractivity contribution in [2.24, 2.45) is 0 Å². The summed E-state index contributed by atoms with van der Waals surface area (Å²) in [6, 6.07) is 4.56. The molecule has 0 unspecified atom stereocenters. The maximum absolute atomic E-state index is 2.31. The number of allylic oxidation sites excluding steroid dienone is 1. The van der Waals surface area contributed by atoms with Gasteiger partial charge >= 0.3 is 18.9 Å². The molecular formula is C12H15Li. The first-order valence-electron chi connectivity index (χ1n) is 4.44. The Kier molecular flexibility index (Phi) is 3.06. The molecule has 0 heterocycles. The van der Waals surface area contributed by atoms with E-state index in [1.807, 2.05) is 0 Å². The van der Waals surface area contributed by atoms with Gasteiger partial charge in [-0.1, -0.05) is 29.3 Å². The standard InChI is InChI=1S/C12H14.Li.H/c1-8-4-10(3)12-7-9(2)6-11(12)5-8;;/h4-5,7H,6H2,1-3H3;;. The normalized spacial score (nSPS) is 13.3. The topological polar surface area (TPSA) is 0 Å². The number of rotatable bonds is 0. The van der Waals surface area contributed by atoms with Crippen molar-refractivity contribution in [3.63, 3.8) is 0 Å². The zero-order chi connectivity index (χ0) is 8.72. The Hall–Kier alpha value is -0.443. The number of aryl methyl sites for hydroxylation is 2. The van der Waals surface area contributed by atoms with Crippen molar-refractivity contribution in [3.05, 3.63) is 40.0 Å². The van der Waals surface area contributed by atoms with E-state index in [1.54, 1.807) is 0 Å². The van der Waals surface area contributed by atoms with Gasteiger partial charge in [-0.2, -0.15) is 0 Å². The van der Waals surface area contributed by atoms with Crippen LogP contribution in [0.5, 0.6) is 0 Å². The van der Waals surface area contributed by atoms with Crippen molar-refractivity contribution in [3.8, 4) is 0 Å². The minimum absolute atomic E-state index is 0. The predicted molar refractivity (Wildman–Crippen MR) is 60.4 cm³/mol. The molecule has 0 amide bonds. The first-order chi connectivity index (χ1) is 5.66. The first kappa shape index (κ1) is 10.6. The van der Waals surface area contributed by atoms with Crippen molar-refractivity contribution < 1.29 is 0 Å². The summed E-state index contributed by atoms with van der Waals surface area (Å²) in [7, 11) is 0. The van der Waals surface area contributed by atoms with Crippen LogP contribution in [0.3, 0.4) is 0 Å². The van der Waals surface area contributed by atoms with Gasteiger partial charge in [0.05, 0.1) is 0 Å². The van der Waals surface area contributed by atoms with Crippen LogP contribution in [0.2, 0.25) is 0 Å². The molecule has 0 spiro atoms. The van der Waals surface area contributed by atoms with E-state index in [-0.39, 0.29) is 18.9 Å². The van der Waals surface area contributed by atoms with Crippen molar-refractivity contribution in [2.45, 2.75) is 27.2 Å². The second-order valence-corrected chi connectivity index (χ2v) is 3.82. The molecule has 2 rings (SSSR count). The third-order valence-electron chi connectivity index (χ3n) is 2.48. The minimum atomic E-state index is 0. The van der Waals surface area contributed by atoms with Crippen molar-refractivity contribution in [2.75, 3.05) is 0 Å². The molecule has 0 atom stereocenters. The van der Waals surface area contributed by atoms with Crippen LogP contribution in [0.25, 0.3) is 6.08 Å². The monoisotopic (exact) mass is 166 g/mol. The van der Waals surface area contributed by atoms with Crippen LogP contribution in [0, 0.1) is 13.8 Å². The summed E-state index contributed by atoms with van der Waals surface area (Å²) < 4.78 is 0. The molecule has 64 valence electrons. The van der Waals surface area contributed by atoms with Gasteiger partial charge in [0.2, 0.25) is 0 Å². The molecule has 0 fully saturated rings. The van der Waals surface area contributed by atoms with Crippen LogP contribution in [0.1, 0.15) is 29.2 Å². The first-order valence-corrected chi connectivity index (χ1v) is 4.44. The zero-order valence-electron chi connectivity index (χ0n) is 7.94. The van der Waals surface area contributed by atoms with Gasteiger partial charge in [-0.3, -0.25) is 0 Å². The molecule has 0 saturated heterocycles. The molecule has 1 aromatic rings. The second-order valence-electron chi connectivity index (χ2n) is 3.82. The summed E-state index contributed by atoms with van der Waals surface area (Å²) >= 11 is 0. The zero-order valence-corrected chi connectivity index (χ0v) is 7.94. The number of fused-ring (bicyclic) bond motifs is 1. The number of hydrogen-bond donors (Lipinski definition) is 0. The average Bonchev–Trinajstić information content (AvgIpc) is 2.29. The Labute approximate surface area is 92.2 Å². The Bertz CT molecular complexity index is 362. The van der Waals surface area contributed by atoms with Gasteiger partial charge in [0.1, 0.15) is 0 Å². The summed E-state index contributed by atoms with van der Waals surface area (Å²) in [5, 5.41) is 0. The third-order valence-corrected chi connectivity index (χ3v) is 2.48. The fourth-order valence-electron chi connectivity index (χ4n) is 2.02. The SMILES string of the molecule is CC1=Cc2c(C)cc(C)cc2C1.[LiH]. The molecule has 1 aromatic carbocycles. The molecule has 1 aliphatic carbocycles. The van der Waals surface area contributed by atoms with Gasteiger partial charge in [0, 0.05) is 0 Å². The molecule has 0 aromatic heterocycles. The van der Waals surface area contributed by atoms with Gasteiger partial charge in [-0.05, 0) is 43.9 Å². The quantitative estimate of drug-likeness (QED) is 0.520. The molecule has 1 heteroatoms. The average molecular weight is 166 g/mol. The van der Waals surface area contributed by atoms with Crippen LogP contribution in [0.4, 0.5) is 0 Å². The maximum atomic E-state index is 2.31. The third kappa shape index (κ3) is 1.90. The van der Waals surface area contributed by atoms with Crippen LogP contribution in [-0.4, -0.2) is 18.9 Å². The summed E-state index contributed by atoms with van der Waals surface area (Å²) in [6.45, 7) is 6.57. The molecular weight excluding hydrogens is 151 g/mol. The van der Waals surface area contributed by atoms with Gasteiger partial charge < -0.3 is 0 Å². The second kappa shape index (κ2) is 3.74. The fraction of sp³-hybridized carbons (Fsp3) is 0.333. The Morgan fingerprint density at radius 3 is 2.46 bits per heavy atom. The van der Waals surface area contributed by atoms with E-state index in [0.29, 0.717) is 0 Å². The fourth-order valence-corrected chi connectivity index (χ4v) is 2.02. The van der Waals surface area contributed by atoms with Crippen LogP contribution >= 0.6 is 0 Å². The molecule has 0 aliphatic heterocycles. The van der Waals surface area contributed by atoms with E-state index in [0.717, 1.165) is 6.42 Å². The van der Waals surface area contributed by atoms with E-state index in [9.17, 15) is 0 Å². The molecule has 0 radical (unpaired) electrons. The summed E-state index contributed by atoms with van der Waals surface area (Å²) in [4.78, 5) is 0. The molecule has 13 heavy (non-hydrogen) atoms. The van der Waals surface area contributed by atoms with E-state index >= 15 is 0 Å². The van der Waals surface area contributed by atoms with E-state index in [4.69, 9.17) is 0 Å². The predicted octanol–water partition coefficient (Wildman–Crippen LogP) is 2.61. The Morgan fingerprint density at radius 2 is 1.77 bits per heavy atom. The van der Waals surface area contributed by atoms with Gasteiger partial charge in [-0.15, -0.1) is 0 Å². The van der Waals surface area contributed by atoms with Gasteiger partial charge in [0.15, 0.2) is 0 Å². The van der Waals surface area contributed by atoms with Crippen LogP contribution in [-0.2, 0) is 6.42 Å². The Morgan fingerprint density at radius 1 is 1.08 bits per heavy atom. The van der Waals surface area contributed by atoms with Crippen LogP contribution in [0.15, 0.2) is 17.7 Å². The summed E-state index contributed by atoms with van der Waals surface area (Å²) in [5.41, 5.74) is 7.25. The molecule has 0 N–H and O–H groups in total. The molecule has 0 saturated carbocycles. The summed E-state index contributed by atoms with van der Waals surface area (Å²) in [5.74, 6) is 0. The van der Waals surface area contributed by atoms with Gasteiger partial charge in [0.25, 0.3) is 0 Å². The van der Waals surface area contributed by atoms with Crippen molar-refractivity contribution >= 4 is 24.9 Å². The van der Waals surface area contributed by atoms with Crippen molar-refractivity contribution in [1.82, 2.24) is 0 Å². The van der Waals surface area contributed by atoms with Gasteiger partial charge in [-0.25, -0.2) is 0 Å². The number of hydrogen-bond acceptors (Lipinski definition) is 0. The molecule has 0 bridgehead atoms. The molecule has 1 aliphatic rings. The van der Waals surface area contributed by atoms with E-state index in [2.05, 4.69) is 39.0 Å². The summed E-state index contributed by atoms with van der Waals surface area (Å²) in [6.07, 6.45) is 3.46. The van der Waals surface area contributed by atoms with E-state index < -0.39 is 0 Å². The number of benzene rings is 1.